The van der Waals surface area contributed by atoms with E-state index in [-0.39, 0.29) is 29.1 Å². The maximum atomic E-state index is 15.1. The molecule has 4 atom stereocenters. The van der Waals surface area contributed by atoms with Crippen LogP contribution in [0.2, 0.25) is 5.02 Å². The second kappa shape index (κ2) is 12.5. The van der Waals surface area contributed by atoms with Crippen molar-refractivity contribution in [2.24, 2.45) is 22.2 Å². The third-order valence-electron chi connectivity index (χ3n) is 7.80. The van der Waals surface area contributed by atoms with E-state index in [0.29, 0.717) is 23.8 Å². The number of guanidine groups is 1. The number of nitrogens with one attached hydrogen (secondary N) is 3. The first-order valence-electron chi connectivity index (χ1n) is 14.1. The average Bonchev–Trinajstić information content (AvgIpc) is 3.57. The minimum Gasteiger partial charge on any atom is -0.370 e. The Balaban J connectivity index is 1.28. The number of aryl methyl sites for hydroxylation is 1. The quantitative estimate of drug-likeness (QED) is 0.185. The number of nitrogens with two attached hydrogens (primary N) is 3. The summed E-state index contributed by atoms with van der Waals surface area (Å²) >= 11 is 6.25. The molecule has 0 bridgehead atoms. The Labute approximate surface area is 245 Å². The number of urea groups is 1. The van der Waals surface area contributed by atoms with Gasteiger partial charge in [-0.2, -0.15) is 0 Å². The lowest BCUT2D eigenvalue weighted by Crippen LogP contribution is -2.51. The molecule has 3 aliphatic rings. The zero-order chi connectivity index (χ0) is 29.1. The van der Waals surface area contributed by atoms with Crippen LogP contribution in [0.3, 0.4) is 0 Å². The van der Waals surface area contributed by atoms with Crippen molar-refractivity contribution in [3.05, 3.63) is 81.8 Å². The van der Waals surface area contributed by atoms with Crippen LogP contribution >= 0.6 is 11.6 Å². The maximum Gasteiger partial charge on any atom is 0.327 e. The van der Waals surface area contributed by atoms with Gasteiger partial charge in [0.1, 0.15) is 6.17 Å². The Morgan fingerprint density at radius 2 is 1.98 bits per heavy atom. The number of nitrogens with zero attached hydrogens (tertiary/aromatic N) is 2. The van der Waals surface area contributed by atoms with Crippen LogP contribution in [-0.4, -0.2) is 36.8 Å². The molecule has 1 fully saturated rings. The molecule has 218 valence electrons. The first-order chi connectivity index (χ1) is 19.7. The van der Waals surface area contributed by atoms with Gasteiger partial charge in [-0.25, -0.2) is 9.18 Å². The Kier molecular flexibility index (Phi) is 8.82. The smallest absolute Gasteiger partial charge is 0.327 e. The number of aliphatic imine (C=N–C) groups is 1. The Hall–Kier alpha value is -3.60. The summed E-state index contributed by atoms with van der Waals surface area (Å²) < 4.78 is 15.1. The number of rotatable bonds is 10. The van der Waals surface area contributed by atoms with Gasteiger partial charge in [0, 0.05) is 47.7 Å². The lowest BCUT2D eigenvalue weighted by molar-refractivity contribution is 0.244. The highest BCUT2D eigenvalue weighted by atomic mass is 35.5. The van der Waals surface area contributed by atoms with Crippen molar-refractivity contribution >= 4 is 35.0 Å². The van der Waals surface area contributed by atoms with E-state index in [1.165, 1.54) is 5.56 Å². The van der Waals surface area contributed by atoms with Gasteiger partial charge >= 0.3 is 6.03 Å². The molecular formula is C30H38ClFN8O. The molecule has 3 heterocycles. The number of amides is 2. The van der Waals surface area contributed by atoms with Crippen molar-refractivity contribution in [2.45, 2.75) is 69.7 Å². The average molecular weight is 581 g/mol. The molecule has 0 spiro atoms. The van der Waals surface area contributed by atoms with Gasteiger partial charge in [0.05, 0.1) is 10.7 Å². The zero-order valence-electron chi connectivity index (χ0n) is 23.2. The summed E-state index contributed by atoms with van der Waals surface area (Å²) in [4.78, 5) is 18.7. The first-order valence-corrected chi connectivity index (χ1v) is 14.5. The normalized spacial score (nSPS) is 22.4. The number of anilines is 1. The third kappa shape index (κ3) is 6.83. The Morgan fingerprint density at radius 3 is 2.71 bits per heavy atom. The highest BCUT2D eigenvalue weighted by Gasteiger charge is 2.32. The van der Waals surface area contributed by atoms with Crippen molar-refractivity contribution in [3.63, 3.8) is 0 Å². The Bertz CT molecular complexity index is 1370. The van der Waals surface area contributed by atoms with Crippen LogP contribution in [0.4, 0.5) is 14.9 Å². The summed E-state index contributed by atoms with van der Waals surface area (Å²) in [6.07, 6.45) is 8.67. The second-order valence-electron chi connectivity index (χ2n) is 11.1. The summed E-state index contributed by atoms with van der Waals surface area (Å²) in [5.41, 5.74) is 21.4. The van der Waals surface area contributed by atoms with E-state index in [0.717, 1.165) is 55.3 Å². The maximum absolute atomic E-state index is 15.1. The van der Waals surface area contributed by atoms with Gasteiger partial charge < -0.3 is 33.2 Å². The number of benzene rings is 2. The third-order valence-corrected chi connectivity index (χ3v) is 8.07. The highest BCUT2D eigenvalue weighted by Crippen LogP contribution is 2.33. The van der Waals surface area contributed by atoms with E-state index < -0.39 is 12.0 Å². The van der Waals surface area contributed by atoms with Crippen molar-refractivity contribution < 1.29 is 9.18 Å². The lowest BCUT2D eigenvalue weighted by atomic mass is 10.0. The van der Waals surface area contributed by atoms with E-state index in [1.54, 1.807) is 17.2 Å². The van der Waals surface area contributed by atoms with Crippen LogP contribution in [0.5, 0.6) is 0 Å². The first kappa shape index (κ1) is 28.9. The fourth-order valence-electron chi connectivity index (χ4n) is 5.65. The molecule has 3 aliphatic heterocycles. The molecule has 9 N–H and O–H groups in total. The second-order valence-corrected chi connectivity index (χ2v) is 11.5. The molecule has 41 heavy (non-hydrogen) atoms. The van der Waals surface area contributed by atoms with Crippen LogP contribution in [-0.2, 0) is 6.42 Å². The molecule has 0 aliphatic carbocycles. The van der Waals surface area contributed by atoms with Gasteiger partial charge in [-0.15, -0.1) is 0 Å². The summed E-state index contributed by atoms with van der Waals surface area (Å²) in [6, 6.07) is 11.9. The molecule has 11 heteroatoms. The number of halogens is 2. The monoisotopic (exact) mass is 580 g/mol. The number of hydrogen-bond donors (Lipinski definition) is 6. The summed E-state index contributed by atoms with van der Waals surface area (Å²) in [5, 5.41) is 9.93. The molecule has 0 aromatic heterocycles. The largest absolute Gasteiger partial charge is 0.370 e. The van der Waals surface area contributed by atoms with Crippen LogP contribution in [0.25, 0.3) is 5.70 Å². The molecule has 5 rings (SSSR count). The fourth-order valence-corrected chi connectivity index (χ4v) is 5.89. The van der Waals surface area contributed by atoms with Gasteiger partial charge in [-0.1, -0.05) is 23.7 Å². The molecule has 0 radical (unpaired) electrons. The standard InChI is InChI=1S/C30H38ClFN8O/c1-17(33)3-2-4-18-13-23(27(32)24(31)14-18)26-15-20-16-40(30(41)39-28(20)38-26)22-8-5-19(6-9-22)25-10-7-21(37-25)11-12-36-29(34)35/h5-6,8-9,13-17,21,25,28,37-38H,2-4,7,10-12,33H2,1H3,(H,39,41)(H4,34,35,36). The van der Waals surface area contributed by atoms with Crippen molar-refractivity contribution in [2.75, 3.05) is 11.4 Å². The van der Waals surface area contributed by atoms with Gasteiger partial charge in [-0.05, 0) is 86.9 Å². The minimum absolute atomic E-state index is 0.0763. The molecular weight excluding hydrogens is 543 g/mol. The molecule has 9 nitrogen and oxygen atoms in total. The topological polar surface area (TPSA) is 147 Å². The van der Waals surface area contributed by atoms with Gasteiger partial charge in [0.15, 0.2) is 11.8 Å². The van der Waals surface area contributed by atoms with E-state index in [2.05, 4.69) is 20.9 Å². The van der Waals surface area contributed by atoms with E-state index >= 15 is 4.39 Å². The van der Waals surface area contributed by atoms with Crippen molar-refractivity contribution in [1.82, 2.24) is 16.0 Å². The molecule has 0 saturated carbocycles. The van der Waals surface area contributed by atoms with Gasteiger partial charge in [0.2, 0.25) is 0 Å². The predicted molar refractivity (Wildman–Crippen MR) is 163 cm³/mol. The van der Waals surface area contributed by atoms with Crippen LogP contribution < -0.4 is 38.1 Å². The number of fused-ring (bicyclic) bond motifs is 1. The summed E-state index contributed by atoms with van der Waals surface area (Å²) in [7, 11) is 0. The zero-order valence-corrected chi connectivity index (χ0v) is 23.9. The van der Waals surface area contributed by atoms with E-state index in [1.807, 2.05) is 43.3 Å². The summed E-state index contributed by atoms with van der Waals surface area (Å²) in [5.74, 6) is -0.369. The van der Waals surface area contributed by atoms with Crippen molar-refractivity contribution in [3.8, 4) is 0 Å². The van der Waals surface area contributed by atoms with Gasteiger partial charge in [0.25, 0.3) is 0 Å². The number of hydrogen-bond acceptors (Lipinski definition) is 5. The molecule has 2 aromatic carbocycles. The highest BCUT2D eigenvalue weighted by molar-refractivity contribution is 6.31. The molecule has 4 unspecified atom stereocenters. The van der Waals surface area contributed by atoms with Crippen LogP contribution in [0.1, 0.15) is 61.8 Å². The minimum atomic E-state index is -0.488. The van der Waals surface area contributed by atoms with Gasteiger partial charge in [-0.3, -0.25) is 9.89 Å². The molecule has 2 aromatic rings. The van der Waals surface area contributed by atoms with Crippen molar-refractivity contribution in [1.29, 1.82) is 0 Å². The number of carbonyl (C=O) groups excluding carboxylic acids is 1. The number of carbonyl (C=O) groups is 1. The SMILES string of the molecule is CC(N)CCCc1cc(Cl)c(F)c(C2=CC3=CN(c4ccc(C5CCC(CCN=C(N)N)N5)cc4)C(=O)NC3N2)c1. The van der Waals surface area contributed by atoms with E-state index in [9.17, 15) is 4.79 Å². The van der Waals surface area contributed by atoms with E-state index in [4.69, 9.17) is 28.8 Å². The Morgan fingerprint density at radius 1 is 1.20 bits per heavy atom. The molecule has 2 amide bonds. The summed E-state index contributed by atoms with van der Waals surface area (Å²) in [6.45, 7) is 2.58. The van der Waals surface area contributed by atoms with Crippen LogP contribution in [0, 0.1) is 5.82 Å². The predicted octanol–water partition coefficient (Wildman–Crippen LogP) is 3.99. The van der Waals surface area contributed by atoms with Crippen LogP contribution in [0.15, 0.2) is 59.2 Å². The fraction of sp³-hybridized carbons (Fsp3) is 0.400. The lowest BCUT2D eigenvalue weighted by Gasteiger charge is -2.29. The molecule has 1 saturated heterocycles.